The third-order valence-electron chi connectivity index (χ3n) is 31.2. The number of benzene rings is 22. The van der Waals surface area contributed by atoms with Crippen molar-refractivity contribution >= 4 is 189 Å². The molecule has 0 saturated heterocycles. The fourth-order valence-corrected chi connectivity index (χ4v) is 34.8. The molecule has 31 rings (SSSR count). The van der Waals surface area contributed by atoms with Gasteiger partial charge in [0.15, 0.2) is 21.4 Å². The van der Waals surface area contributed by atoms with E-state index in [-0.39, 0.29) is 5.41 Å². The van der Waals surface area contributed by atoms with Crippen LogP contribution in [0.1, 0.15) is 25.0 Å². The Kier molecular flexibility index (Phi) is 18.6. The predicted molar refractivity (Wildman–Crippen MR) is 607 cm³/mol. The molecule has 0 radical (unpaired) electrons. The highest BCUT2D eigenvalue weighted by Crippen LogP contribution is 2.60. The summed E-state index contributed by atoms with van der Waals surface area (Å²) in [4.78, 5) is 0. The molecule has 0 amide bonds. The van der Waals surface area contributed by atoms with E-state index in [1.165, 1.54) is 82.2 Å². The molecule has 3 aliphatic heterocycles. The molecule has 11 heteroatoms. The second-order valence-corrected chi connectivity index (χ2v) is 47.0. The van der Waals surface area contributed by atoms with Gasteiger partial charge in [0, 0.05) is 135 Å². The minimum absolute atomic E-state index is 0.124. The van der Waals surface area contributed by atoms with Gasteiger partial charge in [-0.05, 0) is 205 Å². The first-order chi connectivity index (χ1) is 70.9. The third-order valence-corrected chi connectivity index (χ3v) is 40.8. The predicted octanol–water partition coefficient (Wildman–Crippen LogP) is 30.5. The van der Waals surface area contributed by atoms with Gasteiger partial charge < -0.3 is 36.5 Å². The summed E-state index contributed by atoms with van der Waals surface area (Å²) in [5.74, 6) is 0. The van der Waals surface area contributed by atoms with Crippen LogP contribution in [0.2, 0.25) is 0 Å². The molecule has 144 heavy (non-hydrogen) atoms. The molecule has 0 bridgehead atoms. The topological polar surface area (TPSA) is 75.9 Å². The highest BCUT2D eigenvalue weighted by molar-refractivity contribution is 7.88. The summed E-state index contributed by atoms with van der Waals surface area (Å²) in [5.41, 5.74) is 30.7. The maximum absolute atomic E-state index is 15.8. The molecule has 3 unspecified atom stereocenters. The Labute approximate surface area is 831 Å². The molecule has 1 aliphatic carbocycles. The average Bonchev–Trinajstić information content (AvgIpc) is 1.53. The molecule has 8 heterocycles. The van der Waals surface area contributed by atoms with Gasteiger partial charge in [-0.25, -0.2) is 0 Å². The lowest BCUT2D eigenvalue weighted by atomic mass is 9.82. The van der Waals surface area contributed by atoms with E-state index in [9.17, 15) is 0 Å². The zero-order chi connectivity index (χ0) is 95.6. The average molecular weight is 1900 g/mol. The first-order valence-electron chi connectivity index (χ1n) is 49.3. The molecule has 22 aromatic carbocycles. The fraction of sp³-hybridized carbons (Fsp3) is 0.0226. The highest BCUT2D eigenvalue weighted by atomic mass is 31.2. The number of nitrogens with zero attached hydrogens (tertiary/aromatic N) is 5. The Bertz CT molecular complexity index is 10300. The third kappa shape index (κ3) is 12.0. The van der Waals surface area contributed by atoms with Crippen LogP contribution >= 0.6 is 21.4 Å². The van der Waals surface area contributed by atoms with Gasteiger partial charge in [0.2, 0.25) is 0 Å². The molecular weight excluding hydrogens is 1810 g/mol. The first-order valence-corrected chi connectivity index (χ1v) is 54.5. The smallest absolute Gasteiger partial charge is 0.172 e. The molecule has 0 N–H and O–H groups in total. The van der Waals surface area contributed by atoms with Crippen molar-refractivity contribution in [2.75, 3.05) is 0 Å². The van der Waals surface area contributed by atoms with Crippen molar-refractivity contribution in [2.24, 2.45) is 0 Å². The minimum atomic E-state index is -3.17. The normalized spacial score (nSPS) is 15.9. The molecule has 4 aliphatic rings. The van der Waals surface area contributed by atoms with E-state index in [1.54, 1.807) is 0 Å². The van der Waals surface area contributed by atoms with Crippen molar-refractivity contribution in [1.82, 2.24) is 22.8 Å². The van der Waals surface area contributed by atoms with E-state index in [4.69, 9.17) is 0 Å². The molecule has 8 nitrogen and oxygen atoms in total. The monoisotopic (exact) mass is 1900 g/mol. The summed E-state index contributed by atoms with van der Waals surface area (Å²) in [5, 5.41) is 22.2. The molecule has 678 valence electrons. The quantitative estimate of drug-likeness (QED) is 0.135. The fourth-order valence-electron chi connectivity index (χ4n) is 25.0. The second kappa shape index (κ2) is 31.9. The van der Waals surface area contributed by atoms with Crippen LogP contribution < -0.4 is 47.7 Å². The van der Waals surface area contributed by atoms with Gasteiger partial charge in [0.05, 0.1) is 55.2 Å². The van der Waals surface area contributed by atoms with Gasteiger partial charge in [-0.2, -0.15) is 0 Å². The molecule has 27 aromatic rings. The molecule has 3 atom stereocenters. The molecule has 0 fully saturated rings. The summed E-state index contributed by atoms with van der Waals surface area (Å²) in [7, 11) is -9.47. The molecular formula is C133H88N5O3P3. The summed E-state index contributed by atoms with van der Waals surface area (Å²) in [6.45, 7) is 4.69. The maximum atomic E-state index is 15.8. The van der Waals surface area contributed by atoms with E-state index >= 15 is 13.7 Å². The molecule has 0 spiro atoms. The Morgan fingerprint density at radius 3 is 0.938 bits per heavy atom. The zero-order valence-electron chi connectivity index (χ0n) is 78.6. The zero-order valence-corrected chi connectivity index (χ0v) is 81.3. The second-order valence-electron chi connectivity index (χ2n) is 39.0. The van der Waals surface area contributed by atoms with E-state index < -0.39 is 21.4 Å². The van der Waals surface area contributed by atoms with Gasteiger partial charge in [-0.3, -0.25) is 0 Å². The van der Waals surface area contributed by atoms with Crippen LogP contribution in [0.15, 0.2) is 497 Å². The van der Waals surface area contributed by atoms with Crippen LogP contribution in [0.5, 0.6) is 0 Å². The van der Waals surface area contributed by atoms with Crippen molar-refractivity contribution < 1.29 is 13.7 Å². The van der Waals surface area contributed by atoms with Crippen LogP contribution in [0.3, 0.4) is 0 Å². The van der Waals surface area contributed by atoms with Gasteiger partial charge in [-0.1, -0.05) is 384 Å². The van der Waals surface area contributed by atoms with Crippen LogP contribution in [0.25, 0.3) is 204 Å². The van der Waals surface area contributed by atoms with Gasteiger partial charge in [-0.15, -0.1) is 0 Å². The van der Waals surface area contributed by atoms with Crippen molar-refractivity contribution in [2.45, 2.75) is 19.3 Å². The minimum Gasteiger partial charge on any atom is -0.309 e. The number of hydrogen-bond acceptors (Lipinski definition) is 3. The van der Waals surface area contributed by atoms with Crippen LogP contribution in [-0.2, 0) is 19.1 Å². The van der Waals surface area contributed by atoms with Gasteiger partial charge in [0.1, 0.15) is 0 Å². The van der Waals surface area contributed by atoms with Crippen molar-refractivity contribution in [3.8, 4) is 84.1 Å². The lowest BCUT2D eigenvalue weighted by molar-refractivity contribution is 0.592. The number of para-hydroxylation sites is 7. The van der Waals surface area contributed by atoms with Gasteiger partial charge >= 0.3 is 0 Å². The van der Waals surface area contributed by atoms with Crippen LogP contribution in [-0.4, -0.2) is 22.8 Å². The van der Waals surface area contributed by atoms with Crippen LogP contribution in [0, 0.1) is 0 Å². The number of fused-ring (bicyclic) bond motifs is 31. The van der Waals surface area contributed by atoms with Crippen molar-refractivity contribution in [3.63, 3.8) is 0 Å². The molecule has 0 saturated carbocycles. The largest absolute Gasteiger partial charge is 0.309 e. The standard InChI is InChI=1S/C49H34NOP.2C42H27N2OP/c1-49(2)42-25-22-34(33-21-20-31-12-6-7-13-32(31)28-33)29-40(42)41-30-35(23-26-43(41)49)50-44-18-10-8-17-39(44)47-45(50)27-24-38-37-16-9-11-19-46(37)52(51,48(38)47)36-14-4-3-5-15-36;45-46(30-15-5-2-6-16-30)40-22-12-9-18-32(40)33-24-26-39-41(42(33)46)34-19-8-11-21-37(34)44(39)29-23-25-38-35(27-29)31-17-7-10-20-36(31)43(38)28-13-3-1-4-14-28;45-46(30-15-5-2-6-16-30)40-22-12-9-18-33(40)34-25-26-38-41(42(34)46)35-19-8-11-21-37(35)44(38)29-23-24-32-31-17-7-10-20-36(31)43(39(32)27-29)28-13-3-1-4-14-28/h3-30H,1-2H3;2*1-27H. The highest BCUT2D eigenvalue weighted by Gasteiger charge is 2.47. The maximum Gasteiger partial charge on any atom is 0.172 e. The van der Waals surface area contributed by atoms with E-state index in [2.05, 4.69) is 425 Å². The number of aromatic nitrogens is 5. The van der Waals surface area contributed by atoms with Crippen molar-refractivity contribution in [1.29, 1.82) is 0 Å². The number of hydrogen-bond donors (Lipinski definition) is 0. The first kappa shape index (κ1) is 83.7. The lowest BCUT2D eigenvalue weighted by Gasteiger charge is -2.22. The van der Waals surface area contributed by atoms with Crippen LogP contribution in [0.4, 0.5) is 0 Å². The summed E-state index contributed by atoms with van der Waals surface area (Å²) in [6.07, 6.45) is 0. The molecule has 5 aromatic heterocycles. The van der Waals surface area contributed by atoms with E-state index in [1.807, 2.05) is 109 Å². The summed E-state index contributed by atoms with van der Waals surface area (Å²) >= 11 is 0. The summed E-state index contributed by atoms with van der Waals surface area (Å²) in [6, 6.07) is 175. The van der Waals surface area contributed by atoms with Gasteiger partial charge in [0.25, 0.3) is 0 Å². The van der Waals surface area contributed by atoms with Crippen molar-refractivity contribution in [3.05, 3.63) is 509 Å². The Morgan fingerprint density at radius 2 is 0.479 bits per heavy atom. The Balaban J connectivity index is 0.000000103. The van der Waals surface area contributed by atoms with E-state index in [0.29, 0.717) is 0 Å². The Hall–Kier alpha value is -17.2. The van der Waals surface area contributed by atoms with E-state index in [0.717, 1.165) is 180 Å². The summed E-state index contributed by atoms with van der Waals surface area (Å²) < 4.78 is 59.1. The number of rotatable bonds is 9. The SMILES string of the molecule is CC1(C)c2ccc(-c3ccc4ccccc4c3)cc2-c2cc(-n3c4ccccc4c4c5c(ccc43)-c3ccccc3P5(=O)c3ccccc3)ccc21.O=P1(c2ccccc2)c2ccccc2-c2ccc3c(c21)c1ccccc1n3-c1ccc2c(c1)c1ccccc1n2-c1ccccc1.O=P1(c2ccccc2)c2ccccc2-c2ccc3c(c21)c1ccccc1n3-c1ccc2c3ccccc3n(-c3ccccc3)c2c1. The lowest BCUT2D eigenvalue weighted by Crippen LogP contribution is -2.21. The Morgan fingerprint density at radius 1 is 0.181 bits per heavy atom.